The number of carbonyl (C=O) groups excluding carboxylic acids is 2. The van der Waals surface area contributed by atoms with Crippen LogP contribution in [0, 0.1) is 0 Å². The van der Waals surface area contributed by atoms with Crippen LogP contribution in [0.1, 0.15) is 31.0 Å². The van der Waals surface area contributed by atoms with Gasteiger partial charge in [0.1, 0.15) is 0 Å². The second-order valence-corrected chi connectivity index (χ2v) is 9.36. The van der Waals surface area contributed by atoms with Crippen LogP contribution in [0.15, 0.2) is 59.6 Å². The minimum Gasteiger partial charge on any atom is -0.345 e. The minimum absolute atomic E-state index is 0.0138. The van der Waals surface area contributed by atoms with Crippen LogP contribution in [0.5, 0.6) is 0 Å². The zero-order valence-corrected chi connectivity index (χ0v) is 21.1. The van der Waals surface area contributed by atoms with Gasteiger partial charge < -0.3 is 16.0 Å². The molecule has 39 heavy (non-hydrogen) atoms. The number of urea groups is 1. The molecule has 0 aliphatic heterocycles. The zero-order chi connectivity index (χ0) is 27.9. The van der Waals surface area contributed by atoms with Gasteiger partial charge in [0.2, 0.25) is 5.91 Å². The molecule has 1 aliphatic carbocycles. The van der Waals surface area contributed by atoms with Gasteiger partial charge >= 0.3 is 12.2 Å². The molecule has 9 nitrogen and oxygen atoms in total. The number of hydrogen-bond donors (Lipinski definition) is 3. The van der Waals surface area contributed by atoms with Gasteiger partial charge in [0.25, 0.3) is 0 Å². The van der Waals surface area contributed by atoms with Crippen molar-refractivity contribution < 1.29 is 22.8 Å². The highest BCUT2D eigenvalue weighted by molar-refractivity contribution is 6.02. The van der Waals surface area contributed by atoms with E-state index in [4.69, 9.17) is 4.98 Å². The molecule has 2 aromatic carbocycles. The molecule has 0 atom stereocenters. The van der Waals surface area contributed by atoms with Gasteiger partial charge in [-0.1, -0.05) is 18.2 Å². The second-order valence-electron chi connectivity index (χ2n) is 9.36. The Balaban J connectivity index is 1.43. The van der Waals surface area contributed by atoms with Crippen molar-refractivity contribution in [2.45, 2.75) is 31.5 Å². The van der Waals surface area contributed by atoms with E-state index in [-0.39, 0.29) is 11.6 Å². The first kappa shape index (κ1) is 25.9. The first-order chi connectivity index (χ1) is 18.5. The van der Waals surface area contributed by atoms with Crippen LogP contribution in [0.25, 0.3) is 22.2 Å². The molecule has 5 rings (SSSR count). The largest absolute Gasteiger partial charge is 0.416 e. The Morgan fingerprint density at radius 1 is 1.05 bits per heavy atom. The molecule has 1 aliphatic rings. The summed E-state index contributed by atoms with van der Waals surface area (Å²) in [5, 5.41) is 13.2. The molecule has 4 aromatic rings. The third kappa shape index (κ3) is 5.17. The van der Waals surface area contributed by atoms with Gasteiger partial charge in [0.15, 0.2) is 11.5 Å². The number of pyridine rings is 1. The number of alkyl halides is 3. The monoisotopic (exact) mass is 535 g/mol. The number of aryl methyl sites for hydroxylation is 1. The summed E-state index contributed by atoms with van der Waals surface area (Å²) in [5.41, 5.74) is 1.91. The number of aromatic nitrogens is 3. The molecule has 3 amide bonds. The molecule has 0 bridgehead atoms. The van der Waals surface area contributed by atoms with Crippen molar-refractivity contribution >= 4 is 46.9 Å². The number of benzene rings is 2. The highest BCUT2D eigenvalue weighted by Crippen LogP contribution is 2.47. The summed E-state index contributed by atoms with van der Waals surface area (Å²) in [6.07, 6.45) is -2.99. The number of aliphatic imine (C=N–C) groups is 1. The van der Waals surface area contributed by atoms with Gasteiger partial charge in [-0.2, -0.15) is 18.3 Å². The molecule has 1 saturated carbocycles. The van der Waals surface area contributed by atoms with E-state index >= 15 is 0 Å². The van der Waals surface area contributed by atoms with Crippen LogP contribution in [0.2, 0.25) is 0 Å². The Morgan fingerprint density at radius 2 is 1.74 bits per heavy atom. The van der Waals surface area contributed by atoms with Crippen molar-refractivity contribution in [3.8, 4) is 11.1 Å². The fourth-order valence-electron chi connectivity index (χ4n) is 4.52. The molecule has 0 spiro atoms. The predicted molar refractivity (Wildman–Crippen MR) is 142 cm³/mol. The van der Waals surface area contributed by atoms with E-state index in [0.717, 1.165) is 36.1 Å². The van der Waals surface area contributed by atoms with Crippen molar-refractivity contribution in [3.05, 3.63) is 65.9 Å². The second kappa shape index (κ2) is 9.53. The van der Waals surface area contributed by atoms with Crippen molar-refractivity contribution in [3.63, 3.8) is 0 Å². The Morgan fingerprint density at radius 3 is 2.36 bits per heavy atom. The van der Waals surface area contributed by atoms with Crippen molar-refractivity contribution in [2.75, 3.05) is 10.6 Å². The normalized spacial score (nSPS) is 14.1. The number of nitrogens with zero attached hydrogens (tertiary/aromatic N) is 4. The van der Waals surface area contributed by atoms with Crippen molar-refractivity contribution in [1.82, 2.24) is 20.1 Å². The average molecular weight is 536 g/mol. The molecule has 2 aromatic heterocycles. The smallest absolute Gasteiger partial charge is 0.345 e. The number of halogens is 3. The number of fused-ring (bicyclic) bond motifs is 1. The third-order valence-corrected chi connectivity index (χ3v) is 6.48. The molecule has 0 unspecified atom stereocenters. The first-order valence-corrected chi connectivity index (χ1v) is 12.0. The van der Waals surface area contributed by atoms with Crippen LogP contribution >= 0.6 is 0 Å². The van der Waals surface area contributed by atoms with E-state index in [9.17, 15) is 22.8 Å². The van der Waals surface area contributed by atoms with E-state index in [1.807, 2.05) is 6.07 Å². The molecule has 12 heteroatoms. The van der Waals surface area contributed by atoms with Gasteiger partial charge in [-0.15, -0.1) is 0 Å². The molecule has 200 valence electrons. The van der Waals surface area contributed by atoms with Gasteiger partial charge in [-0.05, 0) is 67.1 Å². The number of anilines is 2. The highest BCUT2D eigenvalue weighted by atomic mass is 19.4. The lowest BCUT2D eigenvalue weighted by Crippen LogP contribution is -2.33. The van der Waals surface area contributed by atoms with E-state index in [0.29, 0.717) is 28.2 Å². The molecule has 0 radical (unpaired) electrons. The molecular weight excluding hydrogens is 511 g/mol. The molecule has 3 N–H and O–H groups in total. The average Bonchev–Trinajstić information content (AvgIpc) is 3.58. The van der Waals surface area contributed by atoms with E-state index in [1.54, 1.807) is 36.0 Å². The van der Waals surface area contributed by atoms with Gasteiger partial charge in [0.05, 0.1) is 22.2 Å². The Hall–Kier alpha value is -4.74. The first-order valence-electron chi connectivity index (χ1n) is 12.0. The Bertz CT molecular complexity index is 1610. The molecule has 0 saturated heterocycles. The summed E-state index contributed by atoms with van der Waals surface area (Å²) >= 11 is 0. The molecule has 1 fully saturated rings. The van der Waals surface area contributed by atoms with Crippen LogP contribution in [0.4, 0.5) is 35.2 Å². The summed E-state index contributed by atoms with van der Waals surface area (Å²) < 4.78 is 40.5. The van der Waals surface area contributed by atoms with E-state index in [2.05, 4.69) is 32.8 Å². The third-order valence-electron chi connectivity index (χ3n) is 6.48. The lowest BCUT2D eigenvalue weighted by Gasteiger charge is -2.18. The number of amides is 3. The number of hydrogen-bond acceptors (Lipinski definition) is 5. The zero-order valence-electron chi connectivity index (χ0n) is 21.1. The standard InChI is InChI=1S/C27H24F3N7O2/c1-15(38)35-26(11-12-26)21-14-20(22-23(31-2)36-37(3)24(22)34-21)16-7-9-18(10-8-16)32-25(39)33-19-6-4-5-17(13-19)27(28,29)30/h4-10,13-14H,2,11-12H2,1,3H3,(H,35,38)(H2,32,33,39). The molecule has 2 heterocycles. The number of carbonyl (C=O) groups is 2. The maximum absolute atomic E-state index is 13.0. The predicted octanol–water partition coefficient (Wildman–Crippen LogP) is 5.76. The van der Waals surface area contributed by atoms with Crippen LogP contribution in [-0.4, -0.2) is 33.4 Å². The van der Waals surface area contributed by atoms with Gasteiger partial charge in [-0.25, -0.2) is 19.5 Å². The minimum atomic E-state index is -4.52. The lowest BCUT2D eigenvalue weighted by molar-refractivity contribution is -0.137. The summed E-state index contributed by atoms with van der Waals surface area (Å²) in [4.78, 5) is 33.1. The van der Waals surface area contributed by atoms with Gasteiger partial charge in [0, 0.05) is 25.3 Å². The van der Waals surface area contributed by atoms with E-state index in [1.165, 1.54) is 19.1 Å². The number of rotatable bonds is 6. The summed E-state index contributed by atoms with van der Waals surface area (Å²) in [6, 6.07) is 12.5. The molecular formula is C27H24F3N7O2. The fourth-order valence-corrected chi connectivity index (χ4v) is 4.52. The highest BCUT2D eigenvalue weighted by Gasteiger charge is 2.47. The van der Waals surface area contributed by atoms with Crippen LogP contribution in [-0.2, 0) is 23.6 Å². The Labute approximate surface area is 221 Å². The summed E-state index contributed by atoms with van der Waals surface area (Å²) in [7, 11) is 1.76. The Kier molecular flexibility index (Phi) is 6.33. The lowest BCUT2D eigenvalue weighted by atomic mass is 9.99. The van der Waals surface area contributed by atoms with Gasteiger partial charge in [-0.3, -0.25) is 4.79 Å². The maximum Gasteiger partial charge on any atom is 0.416 e. The number of nitrogens with one attached hydrogen (secondary N) is 3. The quantitative estimate of drug-likeness (QED) is 0.273. The SMILES string of the molecule is C=Nc1nn(C)c2nc(C3(NC(C)=O)CC3)cc(-c3ccc(NC(=O)Nc4cccc(C(F)(F)F)c4)cc3)c12. The van der Waals surface area contributed by atoms with Crippen molar-refractivity contribution in [1.29, 1.82) is 0 Å². The van der Waals surface area contributed by atoms with Crippen molar-refractivity contribution in [2.24, 2.45) is 12.0 Å². The summed E-state index contributed by atoms with van der Waals surface area (Å²) in [5.74, 6) is 0.266. The fraction of sp³-hybridized carbons (Fsp3) is 0.222. The summed E-state index contributed by atoms with van der Waals surface area (Å²) in [6.45, 7) is 5.10. The maximum atomic E-state index is 13.0. The topological polar surface area (TPSA) is 113 Å². The van der Waals surface area contributed by atoms with Crippen LogP contribution < -0.4 is 16.0 Å². The van der Waals surface area contributed by atoms with E-state index < -0.39 is 23.3 Å². The van der Waals surface area contributed by atoms with Crippen LogP contribution in [0.3, 0.4) is 0 Å².